The van der Waals surface area contributed by atoms with Crippen LogP contribution in [-0.4, -0.2) is 75.8 Å². The van der Waals surface area contributed by atoms with Crippen LogP contribution in [-0.2, 0) is 19.2 Å². The molecular weight excluding hydrogens is 356 g/mol. The highest BCUT2D eigenvalue weighted by Crippen LogP contribution is 2.33. The van der Waals surface area contributed by atoms with Gasteiger partial charge in [-0.1, -0.05) is 19.3 Å². The van der Waals surface area contributed by atoms with E-state index in [2.05, 4.69) is 10.6 Å². The molecule has 1 aliphatic carbocycles. The van der Waals surface area contributed by atoms with Gasteiger partial charge in [-0.05, 0) is 19.8 Å². The maximum absolute atomic E-state index is 12.8. The maximum atomic E-state index is 12.8. The third kappa shape index (κ3) is 4.55. The van der Waals surface area contributed by atoms with Crippen LogP contribution in [0, 0.1) is 0 Å². The minimum atomic E-state index is -1.22. The number of carbonyl (C=O) groups is 5. The largest absolute Gasteiger partial charge is 0.480 e. The van der Waals surface area contributed by atoms with Crippen molar-refractivity contribution in [1.29, 1.82) is 0 Å². The summed E-state index contributed by atoms with van der Waals surface area (Å²) in [5, 5.41) is 14.4. The van der Waals surface area contributed by atoms with Crippen LogP contribution in [0.3, 0.4) is 0 Å². The van der Waals surface area contributed by atoms with E-state index in [9.17, 15) is 29.1 Å². The minimum absolute atomic E-state index is 0.0410. The molecule has 1 saturated carbocycles. The fourth-order valence-corrected chi connectivity index (χ4v) is 3.56. The van der Waals surface area contributed by atoms with Gasteiger partial charge in [0.15, 0.2) is 0 Å². The number of urea groups is 1. The molecule has 0 bridgehead atoms. The first-order valence-electron chi connectivity index (χ1n) is 9.09. The standard InChI is InChI=1S/C17H26N4O6/c1-11(14(24)25)20(9-8-18-12(2)22)13(23)10-21-15(26)17(19-16(21)27)6-4-3-5-7-17/h11H,3-10H2,1-2H3,(H,18,22)(H,19,27)(H,24,25). The average molecular weight is 382 g/mol. The number of hydrogen-bond donors (Lipinski definition) is 3. The van der Waals surface area contributed by atoms with E-state index in [1.807, 2.05) is 0 Å². The van der Waals surface area contributed by atoms with E-state index >= 15 is 0 Å². The van der Waals surface area contributed by atoms with Gasteiger partial charge in [0.05, 0.1) is 0 Å². The molecule has 10 heteroatoms. The Morgan fingerprint density at radius 3 is 2.44 bits per heavy atom. The van der Waals surface area contributed by atoms with Gasteiger partial charge in [-0.3, -0.25) is 19.3 Å². The van der Waals surface area contributed by atoms with Crippen molar-refractivity contribution in [3.63, 3.8) is 0 Å². The average Bonchev–Trinajstić information content (AvgIpc) is 2.82. The maximum Gasteiger partial charge on any atom is 0.326 e. The van der Waals surface area contributed by atoms with Crippen LogP contribution < -0.4 is 10.6 Å². The summed E-state index contributed by atoms with van der Waals surface area (Å²) in [6.07, 6.45) is 3.73. The Labute approximate surface area is 157 Å². The van der Waals surface area contributed by atoms with E-state index < -0.39 is 41.9 Å². The van der Waals surface area contributed by atoms with Gasteiger partial charge in [0, 0.05) is 20.0 Å². The summed E-state index contributed by atoms with van der Waals surface area (Å²) in [6, 6.07) is -1.78. The zero-order valence-corrected chi connectivity index (χ0v) is 15.6. The third-order valence-corrected chi connectivity index (χ3v) is 5.12. The number of carboxylic acids is 1. The summed E-state index contributed by atoms with van der Waals surface area (Å²) in [4.78, 5) is 61.9. The van der Waals surface area contributed by atoms with E-state index in [0.717, 1.165) is 29.1 Å². The van der Waals surface area contributed by atoms with Gasteiger partial charge in [0.25, 0.3) is 5.91 Å². The van der Waals surface area contributed by atoms with Crippen LogP contribution in [0.5, 0.6) is 0 Å². The molecule has 10 nitrogen and oxygen atoms in total. The first-order chi connectivity index (χ1) is 12.7. The van der Waals surface area contributed by atoms with Crippen molar-refractivity contribution in [1.82, 2.24) is 20.4 Å². The molecule has 1 unspecified atom stereocenters. The highest BCUT2D eigenvalue weighted by molar-refractivity contribution is 6.09. The number of imide groups is 1. The molecule has 1 aliphatic heterocycles. The van der Waals surface area contributed by atoms with Crippen LogP contribution in [0.25, 0.3) is 0 Å². The third-order valence-electron chi connectivity index (χ3n) is 5.12. The predicted octanol–water partition coefficient (Wildman–Crippen LogP) is -0.321. The van der Waals surface area contributed by atoms with Gasteiger partial charge in [0.2, 0.25) is 11.8 Å². The monoisotopic (exact) mass is 382 g/mol. The van der Waals surface area contributed by atoms with Crippen LogP contribution in [0.1, 0.15) is 46.0 Å². The lowest BCUT2D eigenvalue weighted by atomic mass is 9.82. The number of nitrogens with zero attached hydrogens (tertiary/aromatic N) is 2. The fourth-order valence-electron chi connectivity index (χ4n) is 3.56. The molecule has 2 rings (SSSR count). The Hall–Kier alpha value is -2.65. The highest BCUT2D eigenvalue weighted by atomic mass is 16.4. The Kier molecular flexibility index (Phi) is 6.40. The van der Waals surface area contributed by atoms with Crippen molar-refractivity contribution in [3.05, 3.63) is 0 Å². The molecule has 27 heavy (non-hydrogen) atoms. The van der Waals surface area contributed by atoms with Crippen LogP contribution >= 0.6 is 0 Å². The van der Waals surface area contributed by atoms with Gasteiger partial charge >= 0.3 is 12.0 Å². The van der Waals surface area contributed by atoms with E-state index in [1.165, 1.54) is 13.8 Å². The second-order valence-electron chi connectivity index (χ2n) is 7.05. The normalized spacial score (nSPS) is 19.6. The second kappa shape index (κ2) is 8.36. The number of nitrogens with one attached hydrogen (secondary N) is 2. The molecule has 0 aromatic heterocycles. The van der Waals surface area contributed by atoms with Crippen molar-refractivity contribution in [2.45, 2.75) is 57.5 Å². The lowest BCUT2D eigenvalue weighted by Gasteiger charge is -2.31. The minimum Gasteiger partial charge on any atom is -0.480 e. The number of aliphatic carboxylic acids is 1. The molecule has 1 spiro atoms. The van der Waals surface area contributed by atoms with E-state index in [1.54, 1.807) is 0 Å². The predicted molar refractivity (Wildman–Crippen MR) is 93.6 cm³/mol. The molecule has 3 N–H and O–H groups in total. The number of carbonyl (C=O) groups excluding carboxylic acids is 4. The Bertz CT molecular complexity index is 643. The molecule has 150 valence electrons. The van der Waals surface area contributed by atoms with Crippen molar-refractivity contribution in [3.8, 4) is 0 Å². The van der Waals surface area contributed by atoms with Gasteiger partial charge in [-0.25, -0.2) is 9.59 Å². The summed E-state index contributed by atoms with van der Waals surface area (Å²) < 4.78 is 0. The molecule has 2 aliphatic rings. The summed E-state index contributed by atoms with van der Waals surface area (Å²) in [5.74, 6) is -2.61. The summed E-state index contributed by atoms with van der Waals surface area (Å²) in [5.41, 5.74) is -0.935. The number of rotatable bonds is 7. The molecule has 0 aromatic carbocycles. The Balaban J connectivity index is 2.08. The molecule has 0 aromatic rings. The van der Waals surface area contributed by atoms with Crippen molar-refractivity contribution in [2.75, 3.05) is 19.6 Å². The molecular formula is C17H26N4O6. The van der Waals surface area contributed by atoms with Crippen molar-refractivity contribution < 1.29 is 29.1 Å². The fraction of sp³-hybridized carbons (Fsp3) is 0.706. The van der Waals surface area contributed by atoms with E-state index in [0.29, 0.717) is 12.8 Å². The molecule has 1 heterocycles. The molecule has 0 radical (unpaired) electrons. The van der Waals surface area contributed by atoms with E-state index in [-0.39, 0.29) is 19.0 Å². The number of hydrogen-bond acceptors (Lipinski definition) is 5. The first-order valence-corrected chi connectivity index (χ1v) is 9.09. The second-order valence-corrected chi connectivity index (χ2v) is 7.05. The molecule has 1 saturated heterocycles. The number of carboxylic acid groups (broad SMARTS) is 1. The smallest absolute Gasteiger partial charge is 0.326 e. The molecule has 1 atom stereocenters. The molecule has 2 fully saturated rings. The summed E-state index contributed by atoms with van der Waals surface area (Å²) in [6.45, 7) is 2.15. The van der Waals surface area contributed by atoms with Gasteiger partial charge < -0.3 is 20.6 Å². The lowest BCUT2D eigenvalue weighted by molar-refractivity contribution is -0.150. The zero-order valence-electron chi connectivity index (χ0n) is 15.6. The van der Waals surface area contributed by atoms with Gasteiger partial charge in [-0.2, -0.15) is 0 Å². The highest BCUT2D eigenvalue weighted by Gasteiger charge is 2.51. The van der Waals surface area contributed by atoms with Crippen molar-refractivity contribution >= 4 is 29.7 Å². The number of amides is 5. The zero-order chi connectivity index (χ0) is 20.2. The van der Waals surface area contributed by atoms with Crippen LogP contribution in [0.2, 0.25) is 0 Å². The van der Waals surface area contributed by atoms with E-state index in [4.69, 9.17) is 0 Å². The van der Waals surface area contributed by atoms with Crippen LogP contribution in [0.4, 0.5) is 4.79 Å². The van der Waals surface area contributed by atoms with Gasteiger partial charge in [-0.15, -0.1) is 0 Å². The Morgan fingerprint density at radius 1 is 1.26 bits per heavy atom. The topological polar surface area (TPSA) is 136 Å². The lowest BCUT2D eigenvalue weighted by Crippen LogP contribution is -2.52. The summed E-state index contributed by atoms with van der Waals surface area (Å²) in [7, 11) is 0. The van der Waals surface area contributed by atoms with Crippen LogP contribution in [0.15, 0.2) is 0 Å². The Morgan fingerprint density at radius 2 is 1.89 bits per heavy atom. The summed E-state index contributed by atoms with van der Waals surface area (Å²) >= 11 is 0. The van der Waals surface area contributed by atoms with Gasteiger partial charge in [0.1, 0.15) is 18.1 Å². The quantitative estimate of drug-likeness (QED) is 0.516. The van der Waals surface area contributed by atoms with Crippen molar-refractivity contribution in [2.24, 2.45) is 0 Å². The first kappa shape index (κ1) is 20.7. The SMILES string of the molecule is CC(=O)NCCN(C(=O)CN1C(=O)NC2(CCCCC2)C1=O)C(C)C(=O)O. The molecule has 5 amide bonds.